The van der Waals surface area contributed by atoms with Crippen LogP contribution >= 0.6 is 11.5 Å². The van der Waals surface area contributed by atoms with Crippen molar-refractivity contribution in [3.63, 3.8) is 0 Å². The summed E-state index contributed by atoms with van der Waals surface area (Å²) >= 11 is 1.52. The van der Waals surface area contributed by atoms with Crippen molar-refractivity contribution in [2.45, 2.75) is 52.0 Å². The lowest BCUT2D eigenvalue weighted by Gasteiger charge is -2.22. The minimum Gasteiger partial charge on any atom is -0.338 e. The molecule has 0 amide bonds. The number of nitrogens with one attached hydrogen (secondary N) is 1. The van der Waals surface area contributed by atoms with Gasteiger partial charge in [0.15, 0.2) is 0 Å². The molecule has 5 nitrogen and oxygen atoms in total. The van der Waals surface area contributed by atoms with E-state index in [-0.39, 0.29) is 5.41 Å². The third-order valence-electron chi connectivity index (χ3n) is 3.57. The maximum absolute atomic E-state index is 4.41. The highest BCUT2D eigenvalue weighted by Gasteiger charge is 2.27. The first kappa shape index (κ1) is 16.1. The van der Waals surface area contributed by atoms with Crippen LogP contribution in [-0.2, 0) is 18.9 Å². The number of aromatic nitrogens is 4. The number of hydrogen-bond acceptors (Lipinski definition) is 5. The van der Waals surface area contributed by atoms with Gasteiger partial charge in [0.25, 0.3) is 0 Å². The number of aryl methyl sites for hydroxylation is 2. The molecule has 2 rings (SSSR count). The Bertz CT molecular complexity index is 567. The molecule has 2 aromatic rings. The van der Waals surface area contributed by atoms with Gasteiger partial charge in [-0.05, 0) is 24.5 Å². The van der Waals surface area contributed by atoms with Gasteiger partial charge in [-0.15, -0.1) is 5.10 Å². The zero-order chi connectivity index (χ0) is 15.5. The smallest absolute Gasteiger partial charge is 0.108 e. The summed E-state index contributed by atoms with van der Waals surface area (Å²) < 4.78 is 6.27. The molecule has 1 atom stereocenters. The lowest BCUT2D eigenvalue weighted by molar-refractivity contribution is 0.488. The molecule has 0 spiro atoms. The Hall–Kier alpha value is -1.27. The van der Waals surface area contributed by atoms with E-state index in [2.05, 4.69) is 52.1 Å². The third-order valence-corrected chi connectivity index (χ3v) is 4.41. The summed E-state index contributed by atoms with van der Waals surface area (Å²) in [6, 6.07) is 0.293. The predicted octanol–water partition coefficient (Wildman–Crippen LogP) is 2.85. The van der Waals surface area contributed by atoms with Crippen LogP contribution in [0, 0.1) is 0 Å². The topological polar surface area (TPSA) is 55.6 Å². The van der Waals surface area contributed by atoms with E-state index >= 15 is 0 Å². The molecular weight excluding hydrogens is 282 g/mol. The highest BCUT2D eigenvalue weighted by molar-refractivity contribution is 7.05. The quantitative estimate of drug-likeness (QED) is 0.891. The van der Waals surface area contributed by atoms with Gasteiger partial charge in [-0.2, -0.15) is 0 Å². The minimum absolute atomic E-state index is 0.0270. The van der Waals surface area contributed by atoms with Crippen molar-refractivity contribution < 1.29 is 0 Å². The first-order valence-corrected chi connectivity index (χ1v) is 8.23. The molecule has 0 aliphatic heterocycles. The third kappa shape index (κ3) is 3.89. The highest BCUT2D eigenvalue weighted by atomic mass is 32.1. The summed E-state index contributed by atoms with van der Waals surface area (Å²) in [5, 5.41) is 7.93. The first-order chi connectivity index (χ1) is 9.93. The maximum atomic E-state index is 4.41. The zero-order valence-electron chi connectivity index (χ0n) is 13.6. The second-order valence-electron chi connectivity index (χ2n) is 6.34. The molecule has 116 valence electrons. The molecule has 2 heterocycles. The Morgan fingerprint density at radius 2 is 2.14 bits per heavy atom. The summed E-state index contributed by atoms with van der Waals surface area (Å²) in [5.74, 6) is 1.12. The molecule has 1 unspecified atom stereocenters. The lowest BCUT2D eigenvalue weighted by Crippen LogP contribution is -2.25. The molecule has 0 aromatic carbocycles. The van der Waals surface area contributed by atoms with Crippen molar-refractivity contribution in [1.29, 1.82) is 0 Å². The molecule has 0 radical (unpaired) electrons. The Kier molecular flexibility index (Phi) is 5.11. The molecule has 1 N–H and O–H groups in total. The van der Waals surface area contributed by atoms with Gasteiger partial charge in [0.2, 0.25) is 0 Å². The van der Waals surface area contributed by atoms with Crippen LogP contribution in [-0.4, -0.2) is 25.7 Å². The van der Waals surface area contributed by atoms with Crippen LogP contribution in [0.25, 0.3) is 0 Å². The number of hydrogen-bond donors (Lipinski definition) is 1. The Labute approximate surface area is 131 Å². The van der Waals surface area contributed by atoms with Crippen LogP contribution in [0.2, 0.25) is 0 Å². The number of rotatable bonds is 6. The normalized spacial score (nSPS) is 13.6. The fourth-order valence-electron chi connectivity index (χ4n) is 2.43. The van der Waals surface area contributed by atoms with Gasteiger partial charge in [-0.3, -0.25) is 0 Å². The van der Waals surface area contributed by atoms with Crippen LogP contribution < -0.4 is 5.32 Å². The summed E-state index contributed by atoms with van der Waals surface area (Å²) in [6.07, 6.45) is 5.80. The fourth-order valence-corrected chi connectivity index (χ4v) is 3.40. The van der Waals surface area contributed by atoms with E-state index in [0.29, 0.717) is 6.04 Å². The van der Waals surface area contributed by atoms with Gasteiger partial charge in [-0.25, -0.2) is 4.98 Å². The molecule has 0 saturated heterocycles. The van der Waals surface area contributed by atoms with Crippen molar-refractivity contribution in [3.05, 3.63) is 28.8 Å². The van der Waals surface area contributed by atoms with Crippen LogP contribution in [0.4, 0.5) is 0 Å². The van der Waals surface area contributed by atoms with Crippen LogP contribution in [0.5, 0.6) is 0 Å². The SMILES string of the molecule is CCNC(CCc1nccn1C)c1snnc1C(C)(C)C. The second kappa shape index (κ2) is 6.66. The van der Waals surface area contributed by atoms with E-state index < -0.39 is 0 Å². The minimum atomic E-state index is 0.0270. The summed E-state index contributed by atoms with van der Waals surface area (Å²) in [6.45, 7) is 9.64. The molecule has 0 fully saturated rings. The van der Waals surface area contributed by atoms with Gasteiger partial charge in [0.05, 0.1) is 10.6 Å². The van der Waals surface area contributed by atoms with Crippen molar-refractivity contribution >= 4 is 11.5 Å². The monoisotopic (exact) mass is 307 g/mol. The molecule has 0 saturated carbocycles. The maximum Gasteiger partial charge on any atom is 0.108 e. The van der Waals surface area contributed by atoms with E-state index in [0.717, 1.165) is 30.9 Å². The van der Waals surface area contributed by atoms with Crippen LogP contribution in [0.15, 0.2) is 12.4 Å². The largest absolute Gasteiger partial charge is 0.338 e. The Morgan fingerprint density at radius 3 is 2.71 bits per heavy atom. The number of nitrogens with zero attached hydrogens (tertiary/aromatic N) is 4. The van der Waals surface area contributed by atoms with Gasteiger partial charge in [0, 0.05) is 37.3 Å². The first-order valence-electron chi connectivity index (χ1n) is 7.45. The van der Waals surface area contributed by atoms with E-state index in [4.69, 9.17) is 0 Å². The molecule has 0 aliphatic rings. The van der Waals surface area contributed by atoms with Gasteiger partial charge in [0.1, 0.15) is 5.82 Å². The highest BCUT2D eigenvalue weighted by Crippen LogP contribution is 2.32. The Balaban J connectivity index is 2.16. The standard InChI is InChI=1S/C15H25N5S/c1-6-16-11(7-8-12-17-9-10-20(12)5)13-14(15(2,3)4)18-19-21-13/h9-11,16H,6-8H2,1-5H3. The van der Waals surface area contributed by atoms with Gasteiger partial charge in [-0.1, -0.05) is 32.2 Å². The molecule has 6 heteroatoms. The van der Waals surface area contributed by atoms with Crippen molar-refractivity contribution in [3.8, 4) is 0 Å². The summed E-state index contributed by atoms with van der Waals surface area (Å²) in [4.78, 5) is 5.67. The van der Waals surface area contributed by atoms with Crippen molar-refractivity contribution in [2.75, 3.05) is 6.54 Å². The van der Waals surface area contributed by atoms with Gasteiger partial charge < -0.3 is 9.88 Å². The van der Waals surface area contributed by atoms with Crippen LogP contribution in [0.3, 0.4) is 0 Å². The van der Waals surface area contributed by atoms with E-state index in [1.54, 1.807) is 0 Å². The van der Waals surface area contributed by atoms with Crippen molar-refractivity contribution in [2.24, 2.45) is 7.05 Å². The van der Waals surface area contributed by atoms with Crippen molar-refractivity contribution in [1.82, 2.24) is 24.5 Å². The lowest BCUT2D eigenvalue weighted by atomic mass is 9.89. The number of imidazole rings is 1. The molecule has 0 bridgehead atoms. The summed E-state index contributed by atoms with van der Waals surface area (Å²) in [7, 11) is 2.04. The average molecular weight is 307 g/mol. The predicted molar refractivity (Wildman–Crippen MR) is 86.6 cm³/mol. The van der Waals surface area contributed by atoms with E-state index in [1.807, 2.05) is 19.4 Å². The summed E-state index contributed by atoms with van der Waals surface area (Å²) in [5.41, 5.74) is 1.14. The molecule has 2 aromatic heterocycles. The van der Waals surface area contributed by atoms with Gasteiger partial charge >= 0.3 is 0 Å². The Morgan fingerprint density at radius 1 is 1.38 bits per heavy atom. The van der Waals surface area contributed by atoms with Crippen LogP contribution in [0.1, 0.15) is 56.6 Å². The van der Waals surface area contributed by atoms with E-state index in [1.165, 1.54) is 16.4 Å². The molecule has 21 heavy (non-hydrogen) atoms. The average Bonchev–Trinajstić information content (AvgIpc) is 3.03. The fraction of sp³-hybridized carbons (Fsp3) is 0.667. The van der Waals surface area contributed by atoms with E-state index in [9.17, 15) is 0 Å². The molecular formula is C15H25N5S. The zero-order valence-corrected chi connectivity index (χ0v) is 14.4. The molecule has 0 aliphatic carbocycles. The second-order valence-corrected chi connectivity index (χ2v) is 7.12.